The van der Waals surface area contributed by atoms with Gasteiger partial charge in [0.05, 0.1) is 18.8 Å². The molecule has 2 saturated heterocycles. The maximum Gasteiger partial charge on any atom is 0.256 e. The number of ether oxygens (including phenoxy) is 1. The van der Waals surface area contributed by atoms with Gasteiger partial charge in [-0.05, 0) is 36.1 Å². The summed E-state index contributed by atoms with van der Waals surface area (Å²) >= 11 is 1.61. The topological polar surface area (TPSA) is 73.9 Å². The van der Waals surface area contributed by atoms with Crippen molar-refractivity contribution in [1.82, 2.24) is 15.1 Å². The molecule has 2 amide bonds. The molecule has 3 aliphatic rings. The van der Waals surface area contributed by atoms with Crippen molar-refractivity contribution in [2.45, 2.75) is 38.5 Å². The minimum absolute atomic E-state index is 0.0392. The normalized spacial score (nSPS) is 21.6. The largest absolute Gasteiger partial charge is 0.380 e. The Bertz CT molecular complexity index is 1030. The third-order valence-corrected chi connectivity index (χ3v) is 7.44. The third kappa shape index (κ3) is 4.30. The first kappa shape index (κ1) is 21.2. The Kier molecular flexibility index (Phi) is 5.99. The number of hydrogen-bond donors (Lipinski definition) is 2. The summed E-state index contributed by atoms with van der Waals surface area (Å²) in [6, 6.07) is 8.14. The molecule has 1 aromatic heterocycles. The van der Waals surface area contributed by atoms with Crippen molar-refractivity contribution < 1.29 is 14.3 Å². The van der Waals surface area contributed by atoms with Crippen molar-refractivity contribution in [3.05, 3.63) is 63.5 Å². The summed E-state index contributed by atoms with van der Waals surface area (Å²) in [4.78, 5) is 30.6. The molecule has 2 fully saturated rings. The van der Waals surface area contributed by atoms with Gasteiger partial charge in [0.25, 0.3) is 5.91 Å². The van der Waals surface area contributed by atoms with Crippen LogP contribution in [0.5, 0.6) is 0 Å². The van der Waals surface area contributed by atoms with Crippen LogP contribution in [0.4, 0.5) is 5.69 Å². The molecular formula is C24H28N4O3S. The minimum atomic E-state index is -0.412. The van der Waals surface area contributed by atoms with Gasteiger partial charge in [-0.2, -0.15) is 0 Å². The number of anilines is 1. The van der Waals surface area contributed by atoms with E-state index in [9.17, 15) is 9.59 Å². The van der Waals surface area contributed by atoms with E-state index in [-0.39, 0.29) is 11.8 Å². The third-order valence-electron chi connectivity index (χ3n) is 6.42. The molecule has 0 radical (unpaired) electrons. The van der Waals surface area contributed by atoms with Gasteiger partial charge < -0.3 is 20.3 Å². The zero-order chi connectivity index (χ0) is 22.1. The SMILES string of the molecule is C=C1CC[C@H](N2Cc3c(csc3CNc3ccc(CN4CCOCC4)cc3)C2=O)C(=O)N1. The van der Waals surface area contributed by atoms with Crippen LogP contribution in [0.3, 0.4) is 0 Å². The van der Waals surface area contributed by atoms with Gasteiger partial charge in [0.2, 0.25) is 5.91 Å². The molecule has 0 aliphatic carbocycles. The van der Waals surface area contributed by atoms with Crippen molar-refractivity contribution in [3.8, 4) is 0 Å². The molecule has 1 atom stereocenters. The van der Waals surface area contributed by atoms with E-state index >= 15 is 0 Å². The van der Waals surface area contributed by atoms with Crippen LogP contribution in [-0.4, -0.2) is 54.0 Å². The number of hydrogen-bond acceptors (Lipinski definition) is 6. The Morgan fingerprint density at radius 2 is 1.97 bits per heavy atom. The van der Waals surface area contributed by atoms with Crippen molar-refractivity contribution in [2.75, 3.05) is 31.6 Å². The van der Waals surface area contributed by atoms with E-state index in [1.807, 2.05) is 5.38 Å². The minimum Gasteiger partial charge on any atom is -0.380 e. The molecule has 5 rings (SSSR count). The molecule has 168 valence electrons. The van der Waals surface area contributed by atoms with Crippen LogP contribution in [0.25, 0.3) is 0 Å². The average molecular weight is 453 g/mol. The lowest BCUT2D eigenvalue weighted by molar-refractivity contribution is -0.126. The van der Waals surface area contributed by atoms with Gasteiger partial charge in [-0.3, -0.25) is 14.5 Å². The highest BCUT2D eigenvalue weighted by Gasteiger charge is 2.39. The van der Waals surface area contributed by atoms with Crippen LogP contribution in [0.1, 0.15) is 39.2 Å². The van der Waals surface area contributed by atoms with Crippen LogP contribution < -0.4 is 10.6 Å². The maximum atomic E-state index is 12.9. The Balaban J connectivity index is 1.19. The molecule has 7 nitrogen and oxygen atoms in total. The first-order valence-electron chi connectivity index (χ1n) is 11.1. The van der Waals surface area contributed by atoms with Crippen LogP contribution in [0, 0.1) is 0 Å². The highest BCUT2D eigenvalue weighted by Crippen LogP contribution is 2.34. The van der Waals surface area contributed by atoms with Crippen LogP contribution in [0.2, 0.25) is 0 Å². The highest BCUT2D eigenvalue weighted by molar-refractivity contribution is 7.10. The second-order valence-electron chi connectivity index (χ2n) is 8.57. The summed E-state index contributed by atoms with van der Waals surface area (Å²) in [5.41, 5.74) is 4.87. The predicted molar refractivity (Wildman–Crippen MR) is 124 cm³/mol. The number of carbonyl (C=O) groups is 2. The number of thiophene rings is 1. The van der Waals surface area contributed by atoms with Crippen molar-refractivity contribution in [1.29, 1.82) is 0 Å². The fraction of sp³-hybridized carbons (Fsp3) is 0.417. The van der Waals surface area contributed by atoms with Crippen LogP contribution in [0.15, 0.2) is 41.9 Å². The molecule has 0 saturated carbocycles. The van der Waals surface area contributed by atoms with Gasteiger partial charge in [-0.15, -0.1) is 11.3 Å². The van der Waals surface area contributed by atoms with Gasteiger partial charge in [0, 0.05) is 54.4 Å². The first-order chi connectivity index (χ1) is 15.6. The van der Waals surface area contributed by atoms with E-state index in [0.717, 1.165) is 60.2 Å². The van der Waals surface area contributed by atoms with E-state index in [1.54, 1.807) is 16.2 Å². The standard InChI is InChI=1S/C24H28N4O3S/c1-16-2-7-21(23(29)26-16)28-14-19-20(24(28)30)15-32-22(19)12-25-18-5-3-17(4-6-18)13-27-8-10-31-11-9-27/h3-6,15,21,25H,1-2,7-14H2,(H,26,29)/t21-/m0/s1. The second-order valence-corrected chi connectivity index (χ2v) is 9.53. The number of rotatable bonds is 6. The molecule has 8 heteroatoms. The number of nitrogens with one attached hydrogen (secondary N) is 2. The number of allylic oxidation sites excluding steroid dienone is 1. The smallest absolute Gasteiger partial charge is 0.256 e. The van der Waals surface area contributed by atoms with E-state index in [0.29, 0.717) is 25.9 Å². The summed E-state index contributed by atoms with van der Waals surface area (Å²) < 4.78 is 5.41. The number of piperidine rings is 1. The maximum absolute atomic E-state index is 12.9. The number of benzene rings is 1. The lowest BCUT2D eigenvalue weighted by Gasteiger charge is -2.31. The Morgan fingerprint density at radius 1 is 1.19 bits per heavy atom. The molecule has 3 aliphatic heterocycles. The summed E-state index contributed by atoms with van der Waals surface area (Å²) in [7, 11) is 0. The van der Waals surface area contributed by atoms with Gasteiger partial charge >= 0.3 is 0 Å². The quantitative estimate of drug-likeness (QED) is 0.705. The molecule has 4 heterocycles. The summed E-state index contributed by atoms with van der Waals surface area (Å²) in [6.45, 7) is 9.52. The monoisotopic (exact) mass is 452 g/mol. The molecule has 2 aromatic rings. The predicted octanol–water partition coefficient (Wildman–Crippen LogP) is 2.94. The second kappa shape index (κ2) is 9.05. The van der Waals surface area contributed by atoms with E-state index in [2.05, 4.69) is 46.4 Å². The summed E-state index contributed by atoms with van der Waals surface area (Å²) in [5.74, 6) is -0.164. The van der Waals surface area contributed by atoms with E-state index in [1.165, 1.54) is 5.56 Å². The molecule has 0 unspecified atom stereocenters. The molecule has 0 bridgehead atoms. The van der Waals surface area contributed by atoms with Gasteiger partial charge in [-0.1, -0.05) is 18.7 Å². The van der Waals surface area contributed by atoms with Gasteiger partial charge in [-0.25, -0.2) is 0 Å². The van der Waals surface area contributed by atoms with E-state index in [4.69, 9.17) is 4.74 Å². The Labute approximate surface area is 192 Å². The highest BCUT2D eigenvalue weighted by atomic mass is 32.1. The van der Waals surface area contributed by atoms with E-state index < -0.39 is 6.04 Å². The summed E-state index contributed by atoms with van der Waals surface area (Å²) in [6.07, 6.45) is 1.34. The molecule has 1 aromatic carbocycles. The lowest BCUT2D eigenvalue weighted by Crippen LogP contribution is -2.49. The Hall–Kier alpha value is -2.68. The molecule has 2 N–H and O–H groups in total. The summed E-state index contributed by atoms with van der Waals surface area (Å²) in [5, 5.41) is 8.21. The van der Waals surface area contributed by atoms with Crippen LogP contribution in [-0.2, 0) is 29.2 Å². The fourth-order valence-corrected chi connectivity index (χ4v) is 5.54. The number of carbonyl (C=O) groups excluding carboxylic acids is 2. The molecular weight excluding hydrogens is 424 g/mol. The number of fused-ring (bicyclic) bond motifs is 1. The van der Waals surface area contributed by atoms with Crippen molar-refractivity contribution >= 4 is 28.8 Å². The lowest BCUT2D eigenvalue weighted by atomic mass is 10.0. The molecule has 0 spiro atoms. The van der Waals surface area contributed by atoms with Crippen molar-refractivity contribution in [2.24, 2.45) is 0 Å². The first-order valence-corrected chi connectivity index (χ1v) is 12.0. The fourth-order valence-electron chi connectivity index (χ4n) is 4.56. The van der Waals surface area contributed by atoms with Crippen molar-refractivity contribution in [3.63, 3.8) is 0 Å². The zero-order valence-corrected chi connectivity index (χ0v) is 18.9. The number of morpholine rings is 1. The molecule has 32 heavy (non-hydrogen) atoms. The average Bonchev–Trinajstić information content (AvgIpc) is 3.34. The van der Waals surface area contributed by atoms with Gasteiger partial charge in [0.1, 0.15) is 6.04 Å². The van der Waals surface area contributed by atoms with Gasteiger partial charge in [0.15, 0.2) is 0 Å². The number of amides is 2. The Morgan fingerprint density at radius 3 is 2.72 bits per heavy atom. The number of nitrogens with zero attached hydrogens (tertiary/aromatic N) is 2. The zero-order valence-electron chi connectivity index (χ0n) is 18.1. The van der Waals surface area contributed by atoms with Crippen LogP contribution >= 0.6 is 11.3 Å².